The molecule has 8 heteroatoms. The molecule has 0 aliphatic heterocycles. The Balaban J connectivity index is 5.03. The van der Waals surface area contributed by atoms with E-state index in [2.05, 4.69) is 4.99 Å². The first-order chi connectivity index (χ1) is 9.01. The standard InChI is InChI=1S/C12H23B3N4O/c1-4-11(3,5-2)9(20)12(15,18)7(13)6-8(14)19-10(16)17/h7-8H,4-6,18H2,1-3H3,(H4,16,17,19)/t7-,8?,12-/m1/s1. The predicted molar refractivity (Wildman–Crippen MR) is 85.8 cm³/mol. The zero-order valence-corrected chi connectivity index (χ0v) is 12.6. The van der Waals surface area contributed by atoms with E-state index < -0.39 is 22.6 Å². The maximum atomic E-state index is 12.5. The molecule has 0 saturated carbocycles. The van der Waals surface area contributed by atoms with E-state index >= 15 is 0 Å². The number of nitrogens with two attached hydrogens (primary N) is 3. The minimum absolute atomic E-state index is 0.111. The molecule has 0 fully saturated rings. The maximum absolute atomic E-state index is 12.5. The third-order valence-electron chi connectivity index (χ3n) is 3.93. The van der Waals surface area contributed by atoms with Crippen LogP contribution < -0.4 is 17.2 Å². The van der Waals surface area contributed by atoms with Gasteiger partial charge in [0, 0.05) is 16.8 Å². The van der Waals surface area contributed by atoms with E-state index in [-0.39, 0.29) is 18.2 Å². The summed E-state index contributed by atoms with van der Waals surface area (Å²) in [4.78, 5) is 16.3. The summed E-state index contributed by atoms with van der Waals surface area (Å²) in [5.41, 5.74) is 14.1. The molecular weight excluding hydrogens is 249 g/mol. The molecule has 0 bridgehead atoms. The van der Waals surface area contributed by atoms with Gasteiger partial charge in [0.05, 0.1) is 7.85 Å². The monoisotopic (exact) mass is 272 g/mol. The summed E-state index contributed by atoms with van der Waals surface area (Å²) >= 11 is 0. The Morgan fingerprint density at radius 2 is 1.70 bits per heavy atom. The van der Waals surface area contributed by atoms with Crippen LogP contribution in [0.15, 0.2) is 4.99 Å². The SMILES string of the molecule is [B]C(C[C@@H]([B])[C@@]([B])(N)C(=O)C(C)(CC)CC)N=C(N)N. The fraction of sp³-hybridized carbons (Fsp3) is 0.833. The Kier molecular flexibility index (Phi) is 6.88. The second-order valence-corrected chi connectivity index (χ2v) is 5.49. The molecule has 0 amide bonds. The van der Waals surface area contributed by atoms with Gasteiger partial charge in [-0.05, 0) is 19.3 Å². The van der Waals surface area contributed by atoms with Crippen LogP contribution in [0.4, 0.5) is 0 Å². The van der Waals surface area contributed by atoms with Gasteiger partial charge in [-0.1, -0.05) is 26.6 Å². The van der Waals surface area contributed by atoms with Crippen molar-refractivity contribution in [2.45, 2.75) is 57.2 Å². The number of Topliss-reactive ketones (excluding diaryl/α,β-unsaturated/α-hetero) is 1. The van der Waals surface area contributed by atoms with Crippen molar-refractivity contribution >= 4 is 35.3 Å². The average Bonchev–Trinajstić information content (AvgIpc) is 2.35. The lowest BCUT2D eigenvalue weighted by atomic mass is 9.52. The van der Waals surface area contributed by atoms with Crippen LogP contribution in [0.5, 0.6) is 0 Å². The molecule has 1 unspecified atom stereocenters. The molecule has 0 aliphatic carbocycles. The van der Waals surface area contributed by atoms with Gasteiger partial charge in [-0.3, -0.25) is 9.79 Å². The van der Waals surface area contributed by atoms with Crippen LogP contribution in [0.2, 0.25) is 5.82 Å². The summed E-state index contributed by atoms with van der Waals surface area (Å²) in [7, 11) is 17.6. The van der Waals surface area contributed by atoms with Gasteiger partial charge in [-0.2, -0.15) is 0 Å². The van der Waals surface area contributed by atoms with Crippen molar-refractivity contribution in [2.75, 3.05) is 0 Å². The quantitative estimate of drug-likeness (QED) is 0.309. The molecule has 3 atom stereocenters. The van der Waals surface area contributed by atoms with Crippen molar-refractivity contribution in [1.82, 2.24) is 0 Å². The average molecular weight is 272 g/mol. The Morgan fingerprint density at radius 3 is 2.05 bits per heavy atom. The lowest BCUT2D eigenvalue weighted by Crippen LogP contribution is -2.58. The number of nitrogens with zero attached hydrogens (tertiary/aromatic N) is 1. The van der Waals surface area contributed by atoms with Gasteiger partial charge in [0.15, 0.2) is 5.96 Å². The first-order valence-corrected chi connectivity index (χ1v) is 6.73. The lowest BCUT2D eigenvalue weighted by Gasteiger charge is -2.40. The van der Waals surface area contributed by atoms with Crippen molar-refractivity contribution < 1.29 is 4.79 Å². The highest BCUT2D eigenvalue weighted by Gasteiger charge is 2.42. The molecule has 0 aromatic carbocycles. The molecule has 0 aromatic rings. The predicted octanol–water partition coefficient (Wildman–Crippen LogP) is -0.680. The van der Waals surface area contributed by atoms with E-state index in [9.17, 15) is 4.79 Å². The topological polar surface area (TPSA) is 107 Å². The van der Waals surface area contributed by atoms with Crippen molar-refractivity contribution in [3.05, 3.63) is 0 Å². The molecule has 6 N–H and O–H groups in total. The van der Waals surface area contributed by atoms with E-state index in [0.29, 0.717) is 12.8 Å². The summed E-state index contributed by atoms with van der Waals surface area (Å²) in [6.45, 7) is 5.65. The third kappa shape index (κ3) is 4.58. The van der Waals surface area contributed by atoms with Crippen LogP contribution >= 0.6 is 0 Å². The van der Waals surface area contributed by atoms with Crippen molar-refractivity contribution in [2.24, 2.45) is 27.6 Å². The molecule has 0 aromatic heterocycles. The highest BCUT2D eigenvalue weighted by atomic mass is 16.1. The van der Waals surface area contributed by atoms with E-state index in [1.165, 1.54) is 0 Å². The summed E-state index contributed by atoms with van der Waals surface area (Å²) in [6.07, 6.45) is 1.37. The maximum Gasteiger partial charge on any atom is 0.185 e. The van der Waals surface area contributed by atoms with Gasteiger partial charge in [0.25, 0.3) is 0 Å². The van der Waals surface area contributed by atoms with Gasteiger partial charge < -0.3 is 17.2 Å². The number of rotatable bonds is 8. The number of carbonyl (C=O) groups is 1. The number of hydrogen-bond acceptors (Lipinski definition) is 3. The van der Waals surface area contributed by atoms with Crippen molar-refractivity contribution in [3.8, 4) is 0 Å². The summed E-state index contributed by atoms with van der Waals surface area (Å²) < 4.78 is 0. The minimum atomic E-state index is -1.67. The van der Waals surface area contributed by atoms with Crippen LogP contribution in [0.3, 0.4) is 0 Å². The molecule has 0 rings (SSSR count). The second-order valence-electron chi connectivity index (χ2n) is 5.49. The molecule has 0 aliphatic rings. The van der Waals surface area contributed by atoms with Crippen molar-refractivity contribution in [1.29, 1.82) is 0 Å². The number of hydrogen-bond donors (Lipinski definition) is 3. The number of guanidine groups is 1. The molecule has 0 heterocycles. The first-order valence-electron chi connectivity index (χ1n) is 6.73. The fourth-order valence-electron chi connectivity index (χ4n) is 1.96. The minimum Gasteiger partial charge on any atom is -0.370 e. The number of aliphatic imine (C=N–C) groups is 1. The van der Waals surface area contributed by atoms with Gasteiger partial charge in [0.2, 0.25) is 0 Å². The summed E-state index contributed by atoms with van der Waals surface area (Å²) in [5.74, 6) is -2.02. The van der Waals surface area contributed by atoms with Crippen LogP contribution in [0.25, 0.3) is 0 Å². The Hall–Kier alpha value is -0.905. The molecule has 106 valence electrons. The number of carbonyl (C=O) groups excluding carboxylic acids is 1. The van der Waals surface area contributed by atoms with Crippen LogP contribution in [0.1, 0.15) is 40.0 Å². The highest BCUT2D eigenvalue weighted by molar-refractivity contribution is 6.35. The molecule has 6 radical (unpaired) electrons. The smallest absolute Gasteiger partial charge is 0.185 e. The molecule has 20 heavy (non-hydrogen) atoms. The fourth-order valence-corrected chi connectivity index (χ4v) is 1.96. The van der Waals surface area contributed by atoms with Gasteiger partial charge >= 0.3 is 0 Å². The normalized spacial score (nSPS) is 17.8. The summed E-state index contributed by atoms with van der Waals surface area (Å²) in [5, 5.41) is 0. The highest BCUT2D eigenvalue weighted by Crippen LogP contribution is 2.34. The molecular formula is C12H23B3N4O. The van der Waals surface area contributed by atoms with E-state index in [1.807, 2.05) is 20.8 Å². The second kappa shape index (κ2) is 7.20. The third-order valence-corrected chi connectivity index (χ3v) is 3.93. The first kappa shape index (κ1) is 19.1. The Morgan fingerprint density at radius 1 is 1.25 bits per heavy atom. The zero-order valence-electron chi connectivity index (χ0n) is 12.6. The van der Waals surface area contributed by atoms with Crippen molar-refractivity contribution in [3.63, 3.8) is 0 Å². The van der Waals surface area contributed by atoms with Crippen LogP contribution in [-0.4, -0.2) is 46.7 Å². The van der Waals surface area contributed by atoms with E-state index in [4.69, 9.17) is 40.7 Å². The Labute approximate surface area is 125 Å². The molecule has 0 saturated heterocycles. The van der Waals surface area contributed by atoms with Gasteiger partial charge in [-0.25, -0.2) is 0 Å². The van der Waals surface area contributed by atoms with E-state index in [1.54, 1.807) is 0 Å². The largest absolute Gasteiger partial charge is 0.370 e. The Bertz CT molecular complexity index is 366. The van der Waals surface area contributed by atoms with Gasteiger partial charge in [0.1, 0.15) is 21.5 Å². The van der Waals surface area contributed by atoms with Gasteiger partial charge in [-0.15, -0.1) is 0 Å². The van der Waals surface area contributed by atoms with Crippen LogP contribution in [0, 0.1) is 5.41 Å². The molecule has 5 nitrogen and oxygen atoms in total. The lowest BCUT2D eigenvalue weighted by molar-refractivity contribution is -0.131. The summed E-state index contributed by atoms with van der Waals surface area (Å²) in [6, 6.07) is 0. The molecule has 0 spiro atoms. The number of ketones is 1. The zero-order chi connectivity index (χ0) is 16.1. The van der Waals surface area contributed by atoms with Crippen LogP contribution in [-0.2, 0) is 4.79 Å². The van der Waals surface area contributed by atoms with E-state index in [0.717, 1.165) is 0 Å².